The minimum absolute atomic E-state index is 0.0527. The summed E-state index contributed by atoms with van der Waals surface area (Å²) in [5.41, 5.74) is 0.435. The fraction of sp³-hybridized carbons (Fsp3) is 0.600. The molecule has 84 valence electrons. The van der Waals surface area contributed by atoms with Crippen LogP contribution in [0.1, 0.15) is 36.3 Å². The van der Waals surface area contributed by atoms with Gasteiger partial charge >= 0.3 is 5.97 Å². The standard InChI is InChI=1S/C10H16N2O2S/c1-10(2,3)11-5-8-12-7(6-15-8)9(13)14-4/h6,11H,5H2,1-4H3. The summed E-state index contributed by atoms with van der Waals surface area (Å²) in [5, 5.41) is 5.91. The highest BCUT2D eigenvalue weighted by molar-refractivity contribution is 7.09. The molecule has 0 saturated heterocycles. The van der Waals surface area contributed by atoms with Gasteiger partial charge in [0.05, 0.1) is 7.11 Å². The van der Waals surface area contributed by atoms with Gasteiger partial charge in [-0.2, -0.15) is 0 Å². The minimum atomic E-state index is -0.381. The molecule has 15 heavy (non-hydrogen) atoms. The normalized spacial score (nSPS) is 11.5. The second-order valence-corrected chi connectivity index (χ2v) is 5.16. The van der Waals surface area contributed by atoms with Gasteiger partial charge in [-0.1, -0.05) is 0 Å². The van der Waals surface area contributed by atoms with Crippen molar-refractivity contribution in [2.75, 3.05) is 7.11 Å². The van der Waals surface area contributed by atoms with Crippen LogP contribution < -0.4 is 5.32 Å². The molecule has 0 spiro atoms. The third-order valence-corrected chi connectivity index (χ3v) is 2.57. The summed E-state index contributed by atoms with van der Waals surface area (Å²) < 4.78 is 4.58. The van der Waals surface area contributed by atoms with Gasteiger partial charge in [-0.05, 0) is 20.8 Å². The van der Waals surface area contributed by atoms with Crippen LogP contribution in [0.2, 0.25) is 0 Å². The van der Waals surface area contributed by atoms with Gasteiger partial charge in [-0.3, -0.25) is 0 Å². The zero-order valence-electron chi connectivity index (χ0n) is 9.46. The van der Waals surface area contributed by atoms with Crippen molar-refractivity contribution in [3.63, 3.8) is 0 Å². The molecule has 1 rings (SSSR count). The second-order valence-electron chi connectivity index (χ2n) is 4.22. The van der Waals surface area contributed by atoms with E-state index in [-0.39, 0.29) is 11.5 Å². The number of nitrogens with one attached hydrogen (secondary N) is 1. The van der Waals surface area contributed by atoms with E-state index in [4.69, 9.17) is 0 Å². The first-order chi connectivity index (χ1) is 6.92. The van der Waals surface area contributed by atoms with Gasteiger partial charge in [-0.15, -0.1) is 11.3 Å². The molecule has 0 aliphatic carbocycles. The van der Waals surface area contributed by atoms with Crippen LogP contribution in [0.15, 0.2) is 5.38 Å². The molecular formula is C10H16N2O2S. The summed E-state index contributed by atoms with van der Waals surface area (Å²) >= 11 is 1.46. The number of hydrogen-bond acceptors (Lipinski definition) is 5. The molecule has 0 saturated carbocycles. The van der Waals surface area contributed by atoms with Crippen molar-refractivity contribution in [3.8, 4) is 0 Å². The molecule has 5 heteroatoms. The fourth-order valence-electron chi connectivity index (χ4n) is 0.931. The Hall–Kier alpha value is -0.940. The lowest BCUT2D eigenvalue weighted by Gasteiger charge is -2.19. The molecule has 0 unspecified atom stereocenters. The van der Waals surface area contributed by atoms with Crippen molar-refractivity contribution in [1.82, 2.24) is 10.3 Å². The Bertz CT molecular complexity index is 341. The maximum atomic E-state index is 11.1. The van der Waals surface area contributed by atoms with E-state index >= 15 is 0 Å². The molecule has 4 nitrogen and oxygen atoms in total. The Kier molecular flexibility index (Phi) is 3.82. The second kappa shape index (κ2) is 4.72. The van der Waals surface area contributed by atoms with E-state index in [0.717, 1.165) is 5.01 Å². The zero-order chi connectivity index (χ0) is 11.5. The van der Waals surface area contributed by atoms with Gasteiger partial charge in [0.1, 0.15) is 5.01 Å². The summed E-state index contributed by atoms with van der Waals surface area (Å²) in [7, 11) is 1.36. The van der Waals surface area contributed by atoms with Gasteiger partial charge in [0, 0.05) is 17.5 Å². The van der Waals surface area contributed by atoms with Crippen LogP contribution in [0.3, 0.4) is 0 Å². The molecular weight excluding hydrogens is 212 g/mol. The monoisotopic (exact) mass is 228 g/mol. The number of aromatic nitrogens is 1. The Morgan fingerprint density at radius 1 is 1.60 bits per heavy atom. The van der Waals surface area contributed by atoms with E-state index in [2.05, 4.69) is 35.8 Å². The quantitative estimate of drug-likeness (QED) is 0.802. The number of thiazole rings is 1. The van der Waals surface area contributed by atoms with Crippen LogP contribution in [-0.2, 0) is 11.3 Å². The van der Waals surface area contributed by atoms with E-state index in [1.807, 2.05) is 0 Å². The maximum Gasteiger partial charge on any atom is 0.357 e. The number of hydrogen-bond donors (Lipinski definition) is 1. The molecule has 1 aromatic heterocycles. The number of carbonyl (C=O) groups is 1. The van der Waals surface area contributed by atoms with Crippen LogP contribution in [0, 0.1) is 0 Å². The van der Waals surface area contributed by atoms with E-state index in [1.165, 1.54) is 18.4 Å². The summed E-state index contributed by atoms with van der Waals surface area (Å²) in [6.45, 7) is 6.93. The molecule has 1 N–H and O–H groups in total. The van der Waals surface area contributed by atoms with E-state index in [1.54, 1.807) is 5.38 Å². The van der Waals surface area contributed by atoms with Crippen molar-refractivity contribution < 1.29 is 9.53 Å². The lowest BCUT2D eigenvalue weighted by atomic mass is 10.1. The number of ether oxygens (including phenoxy) is 1. The molecule has 0 radical (unpaired) electrons. The van der Waals surface area contributed by atoms with Crippen LogP contribution >= 0.6 is 11.3 Å². The fourth-order valence-corrected chi connectivity index (χ4v) is 1.63. The third kappa shape index (κ3) is 3.97. The van der Waals surface area contributed by atoms with Crippen molar-refractivity contribution >= 4 is 17.3 Å². The highest BCUT2D eigenvalue weighted by atomic mass is 32.1. The summed E-state index contributed by atoms with van der Waals surface area (Å²) in [6.07, 6.45) is 0. The maximum absolute atomic E-state index is 11.1. The Balaban J connectivity index is 2.57. The molecule has 1 heterocycles. The SMILES string of the molecule is COC(=O)c1csc(CNC(C)(C)C)n1. The van der Waals surface area contributed by atoms with E-state index < -0.39 is 0 Å². The van der Waals surface area contributed by atoms with Gasteiger partial charge in [0.2, 0.25) is 0 Å². The first-order valence-corrected chi connectivity index (χ1v) is 5.58. The van der Waals surface area contributed by atoms with Crippen molar-refractivity contribution in [2.45, 2.75) is 32.9 Å². The number of methoxy groups -OCH3 is 1. The highest BCUT2D eigenvalue weighted by Crippen LogP contribution is 2.11. The summed E-state index contributed by atoms with van der Waals surface area (Å²) in [4.78, 5) is 15.3. The topological polar surface area (TPSA) is 51.2 Å². The molecule has 0 aromatic carbocycles. The summed E-state index contributed by atoms with van der Waals surface area (Å²) in [5.74, 6) is -0.381. The third-order valence-electron chi connectivity index (χ3n) is 1.72. The van der Waals surface area contributed by atoms with Gasteiger partial charge in [0.15, 0.2) is 5.69 Å². The Morgan fingerprint density at radius 3 is 2.80 bits per heavy atom. The van der Waals surface area contributed by atoms with Crippen LogP contribution in [0.4, 0.5) is 0 Å². The summed E-state index contributed by atoms with van der Waals surface area (Å²) in [6, 6.07) is 0. The number of nitrogens with zero attached hydrogens (tertiary/aromatic N) is 1. The van der Waals surface area contributed by atoms with Gasteiger partial charge in [0.25, 0.3) is 0 Å². The zero-order valence-corrected chi connectivity index (χ0v) is 10.3. The predicted octanol–water partition coefficient (Wildman–Crippen LogP) is 1.82. The van der Waals surface area contributed by atoms with Crippen molar-refractivity contribution in [3.05, 3.63) is 16.1 Å². The molecule has 0 aliphatic heterocycles. The first-order valence-electron chi connectivity index (χ1n) is 4.70. The van der Waals surface area contributed by atoms with Crippen molar-refractivity contribution in [2.24, 2.45) is 0 Å². The molecule has 0 fully saturated rings. The average Bonchev–Trinajstić information content (AvgIpc) is 2.61. The minimum Gasteiger partial charge on any atom is -0.464 e. The molecule has 0 atom stereocenters. The van der Waals surface area contributed by atoms with E-state index in [0.29, 0.717) is 12.2 Å². The van der Waals surface area contributed by atoms with Crippen LogP contribution in [-0.4, -0.2) is 23.6 Å². The average molecular weight is 228 g/mol. The number of rotatable bonds is 3. The highest BCUT2D eigenvalue weighted by Gasteiger charge is 2.13. The lowest BCUT2D eigenvalue weighted by molar-refractivity contribution is 0.0594. The molecule has 0 bridgehead atoms. The first kappa shape index (κ1) is 12.1. The Morgan fingerprint density at radius 2 is 2.27 bits per heavy atom. The molecule has 0 aliphatic rings. The van der Waals surface area contributed by atoms with Gasteiger partial charge in [-0.25, -0.2) is 9.78 Å². The predicted molar refractivity (Wildman–Crippen MR) is 60.0 cm³/mol. The lowest BCUT2D eigenvalue weighted by Crippen LogP contribution is -2.35. The van der Waals surface area contributed by atoms with Crippen LogP contribution in [0.5, 0.6) is 0 Å². The Labute approximate surface area is 93.7 Å². The molecule has 0 amide bonds. The number of esters is 1. The van der Waals surface area contributed by atoms with E-state index in [9.17, 15) is 4.79 Å². The van der Waals surface area contributed by atoms with Crippen LogP contribution in [0.25, 0.3) is 0 Å². The number of carbonyl (C=O) groups excluding carboxylic acids is 1. The smallest absolute Gasteiger partial charge is 0.357 e. The van der Waals surface area contributed by atoms with Gasteiger partial charge < -0.3 is 10.1 Å². The van der Waals surface area contributed by atoms with Crippen molar-refractivity contribution in [1.29, 1.82) is 0 Å². The molecule has 1 aromatic rings. The largest absolute Gasteiger partial charge is 0.464 e.